The van der Waals surface area contributed by atoms with E-state index in [4.69, 9.17) is 0 Å². The molecule has 2 aromatic rings. The van der Waals surface area contributed by atoms with Crippen LogP contribution in [0.5, 0.6) is 0 Å². The molecule has 0 amide bonds. The molecule has 0 atom stereocenters. The molecule has 4 nitrogen and oxygen atoms in total. The van der Waals surface area contributed by atoms with Crippen LogP contribution in [0.15, 0.2) is 40.9 Å². The Morgan fingerprint density at radius 2 is 1.85 bits per heavy atom. The monoisotopic (exact) mass is 334 g/mol. The third-order valence-electron chi connectivity index (χ3n) is 3.26. The average Bonchev–Trinajstić information content (AvgIpc) is 2.37. The Morgan fingerprint density at radius 3 is 2.40 bits per heavy atom. The van der Waals surface area contributed by atoms with E-state index in [1.54, 1.807) is 12.1 Å². The minimum Gasteiger partial charge on any atom is -0.381 e. The van der Waals surface area contributed by atoms with Gasteiger partial charge in [-0.3, -0.25) is 10.1 Å². The van der Waals surface area contributed by atoms with Gasteiger partial charge in [-0.15, -0.1) is 0 Å². The van der Waals surface area contributed by atoms with Crippen LogP contribution in [-0.4, -0.2) is 4.92 Å². The fourth-order valence-corrected chi connectivity index (χ4v) is 2.61. The Labute approximate surface area is 126 Å². The number of nitro groups is 1. The molecule has 0 radical (unpaired) electrons. The molecule has 2 aromatic carbocycles. The molecular formula is C15H15BrN2O2. The minimum absolute atomic E-state index is 0.0719. The average molecular weight is 335 g/mol. The van der Waals surface area contributed by atoms with Crippen LogP contribution in [-0.2, 0) is 6.54 Å². The van der Waals surface area contributed by atoms with Gasteiger partial charge < -0.3 is 5.32 Å². The van der Waals surface area contributed by atoms with Gasteiger partial charge in [0.1, 0.15) is 0 Å². The lowest BCUT2D eigenvalue weighted by atomic mass is 10.0. The first kappa shape index (κ1) is 14.5. The van der Waals surface area contributed by atoms with E-state index in [1.807, 2.05) is 6.07 Å². The van der Waals surface area contributed by atoms with Crippen molar-refractivity contribution in [1.29, 1.82) is 0 Å². The van der Waals surface area contributed by atoms with Gasteiger partial charge in [0.2, 0.25) is 0 Å². The van der Waals surface area contributed by atoms with E-state index in [0.717, 1.165) is 5.69 Å². The number of anilines is 1. The molecule has 0 saturated carbocycles. The van der Waals surface area contributed by atoms with Gasteiger partial charge in [-0.25, -0.2) is 0 Å². The van der Waals surface area contributed by atoms with Gasteiger partial charge in [0, 0.05) is 18.3 Å². The number of nitrogens with zero attached hydrogens (tertiary/aromatic N) is 1. The molecule has 0 aliphatic carbocycles. The summed E-state index contributed by atoms with van der Waals surface area (Å²) in [7, 11) is 0. The molecule has 0 fully saturated rings. The molecule has 104 valence electrons. The fourth-order valence-electron chi connectivity index (χ4n) is 2.08. The predicted octanol–water partition coefficient (Wildman–Crippen LogP) is 4.59. The quantitative estimate of drug-likeness (QED) is 0.657. The Balaban J connectivity index is 2.16. The maximum atomic E-state index is 10.8. The van der Waals surface area contributed by atoms with Crippen LogP contribution in [0.3, 0.4) is 0 Å². The second-order valence-corrected chi connectivity index (χ2v) is 5.50. The summed E-state index contributed by atoms with van der Waals surface area (Å²) in [5.74, 6) is 0. The third-order valence-corrected chi connectivity index (χ3v) is 3.89. The Hall–Kier alpha value is -1.88. The number of aryl methyl sites for hydroxylation is 2. The molecule has 0 unspecified atom stereocenters. The summed E-state index contributed by atoms with van der Waals surface area (Å²) in [4.78, 5) is 10.4. The smallest absolute Gasteiger partial charge is 0.283 e. The van der Waals surface area contributed by atoms with Crippen molar-refractivity contribution in [2.45, 2.75) is 20.4 Å². The van der Waals surface area contributed by atoms with E-state index in [0.29, 0.717) is 11.0 Å². The van der Waals surface area contributed by atoms with Gasteiger partial charge in [-0.1, -0.05) is 18.2 Å². The summed E-state index contributed by atoms with van der Waals surface area (Å²) >= 11 is 3.22. The molecule has 20 heavy (non-hydrogen) atoms. The van der Waals surface area contributed by atoms with E-state index in [-0.39, 0.29) is 5.69 Å². The summed E-state index contributed by atoms with van der Waals surface area (Å²) in [5, 5.41) is 14.1. The summed E-state index contributed by atoms with van der Waals surface area (Å²) in [6, 6.07) is 11.1. The molecule has 1 N–H and O–H groups in total. The second-order valence-electron chi connectivity index (χ2n) is 4.65. The first-order valence-corrected chi connectivity index (χ1v) is 7.01. The van der Waals surface area contributed by atoms with Crippen LogP contribution in [0.2, 0.25) is 0 Å². The van der Waals surface area contributed by atoms with Gasteiger partial charge >= 0.3 is 0 Å². The zero-order chi connectivity index (χ0) is 14.7. The van der Waals surface area contributed by atoms with E-state index < -0.39 is 4.92 Å². The van der Waals surface area contributed by atoms with Gasteiger partial charge in [0.25, 0.3) is 5.69 Å². The highest BCUT2D eigenvalue weighted by Crippen LogP contribution is 2.28. The lowest BCUT2D eigenvalue weighted by Crippen LogP contribution is -2.03. The van der Waals surface area contributed by atoms with Gasteiger partial charge in [0.05, 0.1) is 9.40 Å². The SMILES string of the molecule is Cc1cccc(C)c1CNc1ccc([N+](=O)[O-])c(Br)c1. The normalized spacial score (nSPS) is 10.3. The van der Waals surface area contributed by atoms with Crippen molar-refractivity contribution in [2.24, 2.45) is 0 Å². The minimum atomic E-state index is -0.403. The molecule has 0 aliphatic heterocycles. The summed E-state index contributed by atoms with van der Waals surface area (Å²) in [5.41, 5.74) is 4.65. The molecule has 0 bridgehead atoms. The van der Waals surface area contributed by atoms with Gasteiger partial charge in [-0.05, 0) is 58.6 Å². The molecule has 2 rings (SSSR count). The fraction of sp³-hybridized carbons (Fsp3) is 0.200. The number of nitrogens with one attached hydrogen (secondary N) is 1. The molecular weight excluding hydrogens is 320 g/mol. The molecule has 0 spiro atoms. The molecule has 0 aromatic heterocycles. The highest BCUT2D eigenvalue weighted by atomic mass is 79.9. The zero-order valence-corrected chi connectivity index (χ0v) is 12.9. The van der Waals surface area contributed by atoms with Crippen molar-refractivity contribution in [1.82, 2.24) is 0 Å². The summed E-state index contributed by atoms with van der Waals surface area (Å²) in [6.07, 6.45) is 0. The van der Waals surface area contributed by atoms with Crippen LogP contribution in [0, 0.1) is 24.0 Å². The molecule has 5 heteroatoms. The summed E-state index contributed by atoms with van der Waals surface area (Å²) < 4.78 is 0.481. The van der Waals surface area contributed by atoms with Gasteiger partial charge in [-0.2, -0.15) is 0 Å². The highest BCUT2D eigenvalue weighted by Gasteiger charge is 2.11. The van der Waals surface area contributed by atoms with Crippen LogP contribution < -0.4 is 5.32 Å². The van der Waals surface area contributed by atoms with Crippen LogP contribution >= 0.6 is 15.9 Å². The lowest BCUT2D eigenvalue weighted by Gasteiger charge is -2.12. The standard InChI is InChI=1S/C15H15BrN2O2/c1-10-4-3-5-11(2)13(10)9-17-12-6-7-15(18(19)20)14(16)8-12/h3-8,17H,9H2,1-2H3. The van der Waals surface area contributed by atoms with Crippen molar-refractivity contribution in [3.05, 3.63) is 67.7 Å². The first-order chi connectivity index (χ1) is 9.49. The number of nitro benzene ring substituents is 1. The second kappa shape index (κ2) is 6.05. The van der Waals surface area contributed by atoms with Crippen molar-refractivity contribution < 1.29 is 4.92 Å². The van der Waals surface area contributed by atoms with Crippen molar-refractivity contribution in [3.8, 4) is 0 Å². The van der Waals surface area contributed by atoms with Crippen LogP contribution in [0.1, 0.15) is 16.7 Å². The predicted molar refractivity (Wildman–Crippen MR) is 84.0 cm³/mol. The molecule has 0 heterocycles. The Morgan fingerprint density at radius 1 is 1.20 bits per heavy atom. The Kier molecular flexibility index (Phi) is 4.39. The number of hydrogen-bond donors (Lipinski definition) is 1. The van der Waals surface area contributed by atoms with Crippen molar-refractivity contribution in [3.63, 3.8) is 0 Å². The van der Waals surface area contributed by atoms with E-state index in [2.05, 4.69) is 47.2 Å². The summed E-state index contributed by atoms with van der Waals surface area (Å²) in [6.45, 7) is 4.86. The van der Waals surface area contributed by atoms with Crippen molar-refractivity contribution >= 4 is 27.3 Å². The number of hydrogen-bond acceptors (Lipinski definition) is 3. The third kappa shape index (κ3) is 3.17. The number of rotatable bonds is 4. The van der Waals surface area contributed by atoms with Crippen LogP contribution in [0.25, 0.3) is 0 Å². The highest BCUT2D eigenvalue weighted by molar-refractivity contribution is 9.10. The topological polar surface area (TPSA) is 55.2 Å². The van der Waals surface area contributed by atoms with Gasteiger partial charge in [0.15, 0.2) is 0 Å². The lowest BCUT2D eigenvalue weighted by molar-refractivity contribution is -0.385. The molecule has 0 aliphatic rings. The first-order valence-electron chi connectivity index (χ1n) is 6.22. The number of halogens is 1. The largest absolute Gasteiger partial charge is 0.381 e. The number of benzene rings is 2. The van der Waals surface area contributed by atoms with Crippen LogP contribution in [0.4, 0.5) is 11.4 Å². The van der Waals surface area contributed by atoms with E-state index >= 15 is 0 Å². The zero-order valence-electron chi connectivity index (χ0n) is 11.3. The Bertz CT molecular complexity index is 636. The maximum absolute atomic E-state index is 10.8. The maximum Gasteiger partial charge on any atom is 0.283 e. The van der Waals surface area contributed by atoms with Crippen molar-refractivity contribution in [2.75, 3.05) is 5.32 Å². The molecule has 0 saturated heterocycles. The van der Waals surface area contributed by atoms with E-state index in [9.17, 15) is 10.1 Å². The van der Waals surface area contributed by atoms with E-state index in [1.165, 1.54) is 22.8 Å².